The Morgan fingerprint density at radius 1 is 1.44 bits per heavy atom. The van der Waals surface area contributed by atoms with Crippen LogP contribution >= 0.6 is 0 Å². The Morgan fingerprint density at radius 2 is 2.11 bits per heavy atom. The molecule has 0 radical (unpaired) electrons. The highest BCUT2D eigenvalue weighted by Crippen LogP contribution is 2.05. The smallest absolute Gasteiger partial charge is 0.111 e. The SMILES string of the molecule is CC1(C)C[NH2+]CCO1.[F-]. The summed E-state index contributed by atoms with van der Waals surface area (Å²) < 4.78 is 5.43. The third-order valence-electron chi connectivity index (χ3n) is 1.45. The Bertz CT molecular complexity index is 77.1. The normalized spacial score (nSPS) is 24.7. The van der Waals surface area contributed by atoms with Crippen LogP contribution in [-0.2, 0) is 4.74 Å². The number of hydrogen-bond acceptors (Lipinski definition) is 1. The van der Waals surface area contributed by atoms with Crippen LogP contribution in [0.15, 0.2) is 0 Å². The monoisotopic (exact) mass is 135 g/mol. The van der Waals surface area contributed by atoms with Crippen LogP contribution < -0.4 is 10.0 Å². The number of hydrogen-bond donors (Lipinski definition) is 1. The second-order valence-corrected chi connectivity index (χ2v) is 2.89. The second kappa shape index (κ2) is 3.13. The van der Waals surface area contributed by atoms with Gasteiger partial charge in [0.2, 0.25) is 0 Å². The lowest BCUT2D eigenvalue weighted by Gasteiger charge is -2.27. The summed E-state index contributed by atoms with van der Waals surface area (Å²) in [7, 11) is 0. The van der Waals surface area contributed by atoms with E-state index in [1.807, 2.05) is 0 Å². The first-order valence-corrected chi connectivity index (χ1v) is 3.16. The Balaban J connectivity index is 0.000000640. The molecule has 0 bridgehead atoms. The first-order chi connectivity index (χ1) is 3.71. The van der Waals surface area contributed by atoms with E-state index in [1.54, 1.807) is 0 Å². The van der Waals surface area contributed by atoms with Gasteiger partial charge in [-0.05, 0) is 13.8 Å². The van der Waals surface area contributed by atoms with Crippen molar-refractivity contribution in [2.75, 3.05) is 19.7 Å². The quantitative estimate of drug-likeness (QED) is 0.364. The molecule has 9 heavy (non-hydrogen) atoms. The highest BCUT2D eigenvalue weighted by atomic mass is 19.0. The van der Waals surface area contributed by atoms with Crippen LogP contribution in [0.3, 0.4) is 0 Å². The van der Waals surface area contributed by atoms with Crippen molar-refractivity contribution < 1.29 is 14.8 Å². The molecule has 2 nitrogen and oxygen atoms in total. The van der Waals surface area contributed by atoms with Gasteiger partial charge >= 0.3 is 0 Å². The Kier molecular flexibility index (Phi) is 3.08. The molecule has 1 saturated heterocycles. The molecule has 1 rings (SSSR count). The minimum absolute atomic E-state index is 0. The zero-order valence-electron chi connectivity index (χ0n) is 5.98. The highest BCUT2D eigenvalue weighted by molar-refractivity contribution is 4.66. The van der Waals surface area contributed by atoms with Crippen LogP contribution in [0.4, 0.5) is 0 Å². The lowest BCUT2D eigenvalue weighted by molar-refractivity contribution is -0.684. The summed E-state index contributed by atoms with van der Waals surface area (Å²) in [6.45, 7) is 7.40. The number of morpholine rings is 1. The summed E-state index contributed by atoms with van der Waals surface area (Å²) >= 11 is 0. The Labute approximate surface area is 55.0 Å². The summed E-state index contributed by atoms with van der Waals surface area (Å²) in [5.74, 6) is 0. The van der Waals surface area contributed by atoms with E-state index in [4.69, 9.17) is 4.74 Å². The molecule has 1 heterocycles. The van der Waals surface area contributed by atoms with Gasteiger partial charge < -0.3 is 14.8 Å². The molecule has 0 amide bonds. The van der Waals surface area contributed by atoms with E-state index in [0.717, 1.165) is 19.7 Å². The van der Waals surface area contributed by atoms with Gasteiger partial charge in [-0.25, -0.2) is 0 Å². The molecule has 3 heteroatoms. The molecule has 1 aliphatic rings. The molecule has 0 aliphatic carbocycles. The van der Waals surface area contributed by atoms with Gasteiger partial charge in [0.05, 0.1) is 13.2 Å². The molecule has 0 aromatic heterocycles. The fourth-order valence-corrected chi connectivity index (χ4v) is 0.927. The average Bonchev–Trinajstić information content (AvgIpc) is 1.65. The zero-order chi connectivity index (χ0) is 6.04. The van der Waals surface area contributed by atoms with Crippen LogP contribution in [0.2, 0.25) is 0 Å². The predicted molar refractivity (Wildman–Crippen MR) is 31.7 cm³/mol. The first-order valence-electron chi connectivity index (χ1n) is 3.16. The summed E-state index contributed by atoms with van der Waals surface area (Å²) in [6.07, 6.45) is 0. The molecular weight excluding hydrogens is 121 g/mol. The Hall–Kier alpha value is -0.150. The number of halogens is 1. The van der Waals surface area contributed by atoms with Crippen molar-refractivity contribution in [2.24, 2.45) is 0 Å². The number of nitrogens with two attached hydrogens (primary N) is 1. The van der Waals surface area contributed by atoms with Gasteiger partial charge in [0, 0.05) is 0 Å². The fraction of sp³-hybridized carbons (Fsp3) is 1.00. The van der Waals surface area contributed by atoms with E-state index in [9.17, 15) is 0 Å². The largest absolute Gasteiger partial charge is 1.00 e. The van der Waals surface area contributed by atoms with Crippen molar-refractivity contribution in [2.45, 2.75) is 19.4 Å². The second-order valence-electron chi connectivity index (χ2n) is 2.89. The summed E-state index contributed by atoms with van der Waals surface area (Å²) in [4.78, 5) is 0. The molecular formula is C6H14FNO. The van der Waals surface area contributed by atoms with Gasteiger partial charge in [-0.2, -0.15) is 0 Å². The topological polar surface area (TPSA) is 25.8 Å². The van der Waals surface area contributed by atoms with E-state index in [0.29, 0.717) is 0 Å². The highest BCUT2D eigenvalue weighted by Gasteiger charge is 2.23. The lowest BCUT2D eigenvalue weighted by Crippen LogP contribution is -3.00. The van der Waals surface area contributed by atoms with Crippen molar-refractivity contribution >= 4 is 0 Å². The molecule has 0 aromatic carbocycles. The van der Waals surface area contributed by atoms with Gasteiger partial charge in [-0.15, -0.1) is 0 Å². The third kappa shape index (κ3) is 2.77. The zero-order valence-corrected chi connectivity index (χ0v) is 5.98. The molecule has 0 aromatic rings. The summed E-state index contributed by atoms with van der Waals surface area (Å²) in [5.41, 5.74) is 0.123. The average molecular weight is 135 g/mol. The van der Waals surface area contributed by atoms with E-state index in [1.165, 1.54) is 0 Å². The summed E-state index contributed by atoms with van der Waals surface area (Å²) in [5, 5.41) is 2.30. The maximum absolute atomic E-state index is 5.43. The minimum Gasteiger partial charge on any atom is -1.00 e. The van der Waals surface area contributed by atoms with Crippen LogP contribution in [-0.4, -0.2) is 25.3 Å². The number of quaternary nitrogens is 1. The molecule has 0 unspecified atom stereocenters. The van der Waals surface area contributed by atoms with E-state index in [-0.39, 0.29) is 10.3 Å². The number of ether oxygens (including phenoxy) is 1. The molecule has 0 spiro atoms. The van der Waals surface area contributed by atoms with E-state index < -0.39 is 0 Å². The first kappa shape index (κ1) is 8.85. The van der Waals surface area contributed by atoms with Gasteiger partial charge in [0.25, 0.3) is 0 Å². The molecule has 0 saturated carbocycles. The van der Waals surface area contributed by atoms with E-state index in [2.05, 4.69) is 19.2 Å². The molecule has 1 aliphatic heterocycles. The Morgan fingerprint density at radius 3 is 2.33 bits per heavy atom. The van der Waals surface area contributed by atoms with Crippen LogP contribution in [0.25, 0.3) is 0 Å². The van der Waals surface area contributed by atoms with Crippen molar-refractivity contribution in [1.82, 2.24) is 0 Å². The van der Waals surface area contributed by atoms with Gasteiger partial charge in [0.15, 0.2) is 0 Å². The van der Waals surface area contributed by atoms with Crippen LogP contribution in [0.5, 0.6) is 0 Å². The summed E-state index contributed by atoms with van der Waals surface area (Å²) in [6, 6.07) is 0. The lowest BCUT2D eigenvalue weighted by atomic mass is 10.1. The number of rotatable bonds is 0. The minimum atomic E-state index is 0. The molecule has 56 valence electrons. The van der Waals surface area contributed by atoms with Crippen LogP contribution in [0, 0.1) is 0 Å². The van der Waals surface area contributed by atoms with Gasteiger partial charge in [-0.3, -0.25) is 0 Å². The van der Waals surface area contributed by atoms with Crippen molar-refractivity contribution in [3.05, 3.63) is 0 Å². The van der Waals surface area contributed by atoms with Gasteiger partial charge in [0.1, 0.15) is 12.1 Å². The van der Waals surface area contributed by atoms with Gasteiger partial charge in [-0.1, -0.05) is 0 Å². The van der Waals surface area contributed by atoms with Crippen molar-refractivity contribution in [3.63, 3.8) is 0 Å². The van der Waals surface area contributed by atoms with Crippen molar-refractivity contribution in [3.8, 4) is 0 Å². The van der Waals surface area contributed by atoms with Crippen LogP contribution in [0.1, 0.15) is 13.8 Å². The third-order valence-corrected chi connectivity index (χ3v) is 1.45. The maximum atomic E-state index is 5.43. The van der Waals surface area contributed by atoms with Crippen molar-refractivity contribution in [1.29, 1.82) is 0 Å². The maximum Gasteiger partial charge on any atom is 0.111 e. The molecule has 1 fully saturated rings. The molecule has 2 N–H and O–H groups in total. The standard InChI is InChI=1S/C6H13NO.FH/c1-6(2)5-7-3-4-8-6;/h7H,3-5H2,1-2H3;1H. The molecule has 0 atom stereocenters. The van der Waals surface area contributed by atoms with E-state index >= 15 is 0 Å². The predicted octanol–water partition coefficient (Wildman–Crippen LogP) is -3.64. The fourth-order valence-electron chi connectivity index (χ4n) is 0.927.